The summed E-state index contributed by atoms with van der Waals surface area (Å²) in [7, 11) is 4.08. The number of hydrogen-bond acceptors (Lipinski definition) is 5. The highest BCUT2D eigenvalue weighted by molar-refractivity contribution is 5.77. The third-order valence-electron chi connectivity index (χ3n) is 5.40. The molecule has 0 unspecified atom stereocenters. The predicted molar refractivity (Wildman–Crippen MR) is 97.2 cm³/mol. The number of nitriles is 1. The van der Waals surface area contributed by atoms with Crippen molar-refractivity contribution in [1.82, 2.24) is 14.8 Å². The number of aromatic nitrogens is 1. The molecule has 3 heterocycles. The van der Waals surface area contributed by atoms with Crippen molar-refractivity contribution in [3.63, 3.8) is 0 Å². The van der Waals surface area contributed by atoms with Gasteiger partial charge >= 0.3 is 0 Å². The molecule has 1 aromatic heterocycles. The van der Waals surface area contributed by atoms with Crippen molar-refractivity contribution in [3.05, 3.63) is 23.9 Å². The molecule has 2 aliphatic heterocycles. The van der Waals surface area contributed by atoms with Gasteiger partial charge in [0.1, 0.15) is 17.6 Å². The van der Waals surface area contributed by atoms with E-state index in [1.54, 1.807) is 6.07 Å². The molecule has 0 bridgehead atoms. The molecule has 1 atom stereocenters. The number of anilines is 1. The molecule has 1 aromatic rings. The molecule has 2 aliphatic rings. The zero-order valence-electron chi connectivity index (χ0n) is 15.2. The molecule has 2 fully saturated rings. The first-order valence-electron chi connectivity index (χ1n) is 9.06. The van der Waals surface area contributed by atoms with E-state index in [0.29, 0.717) is 12.1 Å². The van der Waals surface area contributed by atoms with Crippen molar-refractivity contribution in [1.29, 1.82) is 5.26 Å². The van der Waals surface area contributed by atoms with Gasteiger partial charge in [-0.1, -0.05) is 6.07 Å². The number of piperidine rings is 2. The zero-order chi connectivity index (χ0) is 17.9. The highest BCUT2D eigenvalue weighted by Gasteiger charge is 2.41. The van der Waals surface area contributed by atoms with Gasteiger partial charge in [0.05, 0.1) is 0 Å². The lowest BCUT2D eigenvalue weighted by atomic mass is 9.73. The van der Waals surface area contributed by atoms with Gasteiger partial charge in [0.25, 0.3) is 0 Å². The van der Waals surface area contributed by atoms with Crippen LogP contribution in [-0.2, 0) is 4.79 Å². The number of hydrogen-bond donors (Lipinski definition) is 0. The first-order chi connectivity index (χ1) is 12.0. The summed E-state index contributed by atoms with van der Waals surface area (Å²) in [6.45, 7) is 4.43. The lowest BCUT2D eigenvalue weighted by Crippen LogP contribution is -2.55. The largest absolute Gasteiger partial charge is 0.356 e. The van der Waals surface area contributed by atoms with Gasteiger partial charge in [-0.2, -0.15) is 5.26 Å². The molecule has 0 saturated carbocycles. The summed E-state index contributed by atoms with van der Waals surface area (Å²) < 4.78 is 0. The molecule has 0 aromatic carbocycles. The lowest BCUT2D eigenvalue weighted by molar-refractivity contribution is -0.138. The Kier molecular flexibility index (Phi) is 5.24. The minimum Gasteiger partial charge on any atom is -0.356 e. The van der Waals surface area contributed by atoms with Gasteiger partial charge in [-0.15, -0.1) is 0 Å². The van der Waals surface area contributed by atoms with Crippen molar-refractivity contribution in [3.8, 4) is 6.07 Å². The molecule has 3 rings (SSSR count). The average molecular weight is 341 g/mol. The van der Waals surface area contributed by atoms with Crippen LogP contribution in [-0.4, -0.2) is 67.5 Å². The number of rotatable bonds is 4. The fraction of sp³-hybridized carbons (Fsp3) is 0.632. The summed E-state index contributed by atoms with van der Waals surface area (Å²) in [6, 6.07) is 7.75. The van der Waals surface area contributed by atoms with Gasteiger partial charge in [0.15, 0.2) is 0 Å². The molecule has 25 heavy (non-hydrogen) atoms. The summed E-state index contributed by atoms with van der Waals surface area (Å²) in [6.07, 6.45) is 3.87. The summed E-state index contributed by atoms with van der Waals surface area (Å²) in [5, 5.41) is 9.09. The van der Waals surface area contributed by atoms with Gasteiger partial charge in [-0.3, -0.25) is 4.79 Å². The number of likely N-dealkylation sites (N-methyl/N-ethyl adjacent to an activating group) is 1. The van der Waals surface area contributed by atoms with Gasteiger partial charge < -0.3 is 14.7 Å². The monoisotopic (exact) mass is 341 g/mol. The quantitative estimate of drug-likeness (QED) is 0.834. The van der Waals surface area contributed by atoms with Crippen molar-refractivity contribution in [2.45, 2.75) is 25.7 Å². The Morgan fingerprint density at radius 2 is 2.16 bits per heavy atom. The van der Waals surface area contributed by atoms with Crippen molar-refractivity contribution in [2.75, 3.05) is 51.7 Å². The second-order valence-corrected chi connectivity index (χ2v) is 7.64. The molecule has 6 nitrogen and oxygen atoms in total. The third kappa shape index (κ3) is 4.10. The van der Waals surface area contributed by atoms with E-state index >= 15 is 0 Å². The molecular formula is C19H27N5O. The molecule has 0 radical (unpaired) electrons. The second-order valence-electron chi connectivity index (χ2n) is 7.64. The van der Waals surface area contributed by atoms with Crippen molar-refractivity contribution >= 4 is 11.7 Å². The zero-order valence-corrected chi connectivity index (χ0v) is 15.2. The Balaban J connectivity index is 1.72. The molecule has 0 aliphatic carbocycles. The van der Waals surface area contributed by atoms with Crippen LogP contribution in [0.3, 0.4) is 0 Å². The van der Waals surface area contributed by atoms with Crippen molar-refractivity contribution in [2.24, 2.45) is 5.41 Å². The number of nitrogens with zero attached hydrogens (tertiary/aromatic N) is 5. The number of pyridine rings is 1. The van der Waals surface area contributed by atoms with Crippen LogP contribution >= 0.6 is 0 Å². The first kappa shape index (κ1) is 17.7. The molecule has 6 heteroatoms. The van der Waals surface area contributed by atoms with Crippen molar-refractivity contribution < 1.29 is 4.79 Å². The van der Waals surface area contributed by atoms with Gasteiger partial charge in [-0.05, 0) is 45.5 Å². The fourth-order valence-electron chi connectivity index (χ4n) is 4.03. The van der Waals surface area contributed by atoms with Crippen LogP contribution in [0.4, 0.5) is 5.82 Å². The third-order valence-corrected chi connectivity index (χ3v) is 5.40. The van der Waals surface area contributed by atoms with Crippen LogP contribution < -0.4 is 4.90 Å². The number of likely N-dealkylation sites (tertiary alicyclic amines) is 1. The highest BCUT2D eigenvalue weighted by atomic mass is 16.2. The van der Waals surface area contributed by atoms with Crippen LogP contribution in [0.25, 0.3) is 0 Å². The predicted octanol–water partition coefficient (Wildman–Crippen LogP) is 1.72. The van der Waals surface area contributed by atoms with Crippen LogP contribution in [0.2, 0.25) is 0 Å². The van der Waals surface area contributed by atoms with Gasteiger partial charge in [0, 0.05) is 44.6 Å². The molecule has 0 N–H and O–H groups in total. The SMILES string of the molecule is CN(C)CCN1C[C@@]2(CCCN(c3cccc(C#N)n3)C2)CCC1=O. The molecule has 134 valence electrons. The van der Waals surface area contributed by atoms with Gasteiger partial charge in [-0.25, -0.2) is 4.98 Å². The standard InChI is InChI=1S/C19H27N5O/c1-22(2)11-12-24-15-19(9-7-18(24)25)8-4-10-23(14-19)17-6-3-5-16(13-20)21-17/h3,5-6H,4,7-12,14-15H2,1-2H3/t19-/m0/s1. The lowest BCUT2D eigenvalue weighted by Gasteiger charge is -2.48. The van der Waals surface area contributed by atoms with Gasteiger partial charge in [0.2, 0.25) is 5.91 Å². The van der Waals surface area contributed by atoms with Crippen LogP contribution in [0.5, 0.6) is 0 Å². The topological polar surface area (TPSA) is 63.5 Å². The molecule has 1 spiro atoms. The molecule has 1 amide bonds. The van der Waals surface area contributed by atoms with E-state index in [9.17, 15) is 4.79 Å². The smallest absolute Gasteiger partial charge is 0.222 e. The maximum absolute atomic E-state index is 12.3. The Labute approximate surface area is 150 Å². The van der Waals surface area contributed by atoms with E-state index in [-0.39, 0.29) is 11.3 Å². The Morgan fingerprint density at radius 1 is 1.32 bits per heavy atom. The summed E-state index contributed by atoms with van der Waals surface area (Å²) in [5.74, 6) is 1.17. The maximum atomic E-state index is 12.3. The van der Waals surface area contributed by atoms with Crippen LogP contribution in [0.1, 0.15) is 31.4 Å². The number of carbonyl (C=O) groups excluding carboxylic acids is 1. The van der Waals surface area contributed by atoms with E-state index in [1.807, 2.05) is 31.1 Å². The van der Waals surface area contributed by atoms with E-state index in [4.69, 9.17) is 5.26 Å². The van der Waals surface area contributed by atoms with E-state index in [2.05, 4.69) is 20.9 Å². The van der Waals surface area contributed by atoms with E-state index < -0.39 is 0 Å². The minimum atomic E-state index is 0.156. The second kappa shape index (κ2) is 7.40. The molecular weight excluding hydrogens is 314 g/mol. The average Bonchev–Trinajstić information content (AvgIpc) is 2.63. The first-order valence-corrected chi connectivity index (χ1v) is 9.06. The number of carbonyl (C=O) groups is 1. The summed E-state index contributed by atoms with van der Waals surface area (Å²) >= 11 is 0. The normalized spacial score (nSPS) is 24.0. The Morgan fingerprint density at radius 3 is 2.92 bits per heavy atom. The number of amides is 1. The highest BCUT2D eigenvalue weighted by Crippen LogP contribution is 2.39. The summed E-state index contributed by atoms with van der Waals surface area (Å²) in [5.41, 5.74) is 0.617. The van der Waals surface area contributed by atoms with E-state index in [0.717, 1.165) is 57.8 Å². The Bertz CT molecular complexity index is 668. The van der Waals surface area contributed by atoms with E-state index in [1.165, 1.54) is 0 Å². The maximum Gasteiger partial charge on any atom is 0.222 e. The minimum absolute atomic E-state index is 0.156. The fourth-order valence-corrected chi connectivity index (χ4v) is 4.03. The van der Waals surface area contributed by atoms with Crippen LogP contribution in [0.15, 0.2) is 18.2 Å². The Hall–Kier alpha value is -2.13. The molecule has 2 saturated heterocycles. The summed E-state index contributed by atoms with van der Waals surface area (Å²) in [4.78, 5) is 23.2. The van der Waals surface area contributed by atoms with Crippen LogP contribution in [0, 0.1) is 16.7 Å².